The van der Waals surface area contributed by atoms with Crippen molar-refractivity contribution < 1.29 is 60.5 Å². The number of aliphatic imine (C=N–C) groups is 2. The van der Waals surface area contributed by atoms with Crippen LogP contribution in [0.25, 0.3) is 0 Å². The van der Waals surface area contributed by atoms with Gasteiger partial charge >= 0.3 is 30.3 Å². The van der Waals surface area contributed by atoms with Gasteiger partial charge in [0.05, 0.1) is 26.2 Å². The van der Waals surface area contributed by atoms with Crippen LogP contribution >= 0.6 is 63.7 Å². The summed E-state index contributed by atoms with van der Waals surface area (Å²) < 4.78 is 66.5. The first kappa shape index (κ1) is 47.1. The topological polar surface area (TPSA) is 261 Å². The third-order valence-corrected chi connectivity index (χ3v) is 8.18. The van der Waals surface area contributed by atoms with E-state index in [2.05, 4.69) is 73.7 Å². The minimum absolute atomic E-state index is 0.0116. The van der Waals surface area contributed by atoms with E-state index in [9.17, 15) is 40.7 Å². The van der Waals surface area contributed by atoms with Gasteiger partial charge < -0.3 is 33.1 Å². The van der Waals surface area contributed by atoms with Crippen LogP contribution in [0.15, 0.2) is 64.3 Å². The molecule has 25 heteroatoms. The number of nitrogens with two attached hydrogens (primary N) is 4. The smallest absolute Gasteiger partial charge is 0.475 e. The Kier molecular flexibility index (Phi) is 17.7. The fraction of sp³-hybridized carbons (Fsp3) is 0.321. The Morgan fingerprint density at radius 2 is 0.887 bits per heavy atom. The number of hydrogen-bond acceptors (Lipinski definition) is 7. The molecule has 1 saturated heterocycles. The molecule has 0 aromatic heterocycles. The van der Waals surface area contributed by atoms with Crippen LogP contribution in [0.4, 0.5) is 31.1 Å². The standard InChI is InChI=1S/C24H26Br4N8O3.2C2HF3O2/c25-15-5-13(6-16(26)9-15)11-24(12-14-7-17(27)10-18(28)8-14)19(37)35(3-1-33-21(29)30)23(39)36(20(24)38)4-2-34-22(31)32;2*3-2(4,5)1(6)7/h5-10H,1-4,11-12H2,(H4,29,30,33)(H4,31,32,34);2*(H,6,7). The minimum Gasteiger partial charge on any atom is -0.475 e. The van der Waals surface area contributed by atoms with E-state index in [0.29, 0.717) is 11.1 Å². The summed E-state index contributed by atoms with van der Waals surface area (Å²) in [5.41, 5.74) is 21.5. The van der Waals surface area contributed by atoms with Crippen LogP contribution in [0.2, 0.25) is 0 Å². The maximum absolute atomic E-state index is 14.3. The number of carboxylic acid groups (broad SMARTS) is 2. The van der Waals surface area contributed by atoms with E-state index in [1.807, 2.05) is 36.4 Å². The molecule has 10 N–H and O–H groups in total. The third kappa shape index (κ3) is 15.1. The monoisotopic (exact) mass is 1020 g/mol. The van der Waals surface area contributed by atoms with Gasteiger partial charge in [0, 0.05) is 17.9 Å². The van der Waals surface area contributed by atoms with Gasteiger partial charge in [0.2, 0.25) is 11.8 Å². The van der Waals surface area contributed by atoms with Crippen LogP contribution in [-0.2, 0) is 32.0 Å². The molecule has 2 aromatic carbocycles. The van der Waals surface area contributed by atoms with E-state index in [1.54, 1.807) is 0 Å². The second-order valence-electron chi connectivity index (χ2n) is 10.4. The quantitative estimate of drug-likeness (QED) is 0.0854. The van der Waals surface area contributed by atoms with Crippen molar-refractivity contribution in [2.75, 3.05) is 26.2 Å². The zero-order valence-corrected chi connectivity index (χ0v) is 32.9. The predicted octanol–water partition coefficient (Wildman–Crippen LogP) is 4.11. The Balaban J connectivity index is 0.000000845. The number of amides is 4. The molecule has 0 saturated carbocycles. The lowest BCUT2D eigenvalue weighted by Gasteiger charge is -2.44. The average Bonchev–Trinajstić information content (AvgIpc) is 2.98. The summed E-state index contributed by atoms with van der Waals surface area (Å²) in [5.74, 6) is -7.17. The van der Waals surface area contributed by atoms with Crippen molar-refractivity contribution in [3.63, 3.8) is 0 Å². The van der Waals surface area contributed by atoms with E-state index in [-0.39, 0.29) is 50.9 Å². The summed E-state index contributed by atoms with van der Waals surface area (Å²) in [6.45, 7) is -0.325. The van der Waals surface area contributed by atoms with E-state index in [4.69, 9.17) is 42.7 Å². The molecule has 53 heavy (non-hydrogen) atoms. The number of carboxylic acids is 2. The molecule has 2 aromatic rings. The highest BCUT2D eigenvalue weighted by atomic mass is 79.9. The lowest BCUT2D eigenvalue weighted by atomic mass is 9.73. The fourth-order valence-electron chi connectivity index (χ4n) is 4.37. The molecular weight excluding hydrogens is 994 g/mol. The van der Waals surface area contributed by atoms with E-state index >= 15 is 0 Å². The molecule has 0 radical (unpaired) electrons. The number of benzene rings is 2. The van der Waals surface area contributed by atoms with Gasteiger partial charge in [-0.3, -0.25) is 29.4 Å². The first-order valence-electron chi connectivity index (χ1n) is 14.0. The molecule has 0 aliphatic carbocycles. The summed E-state index contributed by atoms with van der Waals surface area (Å²) in [7, 11) is 0. The Labute approximate surface area is 329 Å². The minimum atomic E-state index is -5.08. The number of imide groups is 2. The lowest BCUT2D eigenvalue weighted by Crippen LogP contribution is -2.67. The molecule has 0 atom stereocenters. The van der Waals surface area contributed by atoms with Gasteiger partial charge in [-0.1, -0.05) is 63.7 Å². The van der Waals surface area contributed by atoms with Crippen LogP contribution in [0.5, 0.6) is 0 Å². The molecule has 1 aliphatic heterocycles. The molecule has 0 unspecified atom stereocenters. The molecule has 3 rings (SSSR count). The number of urea groups is 1. The number of hydrogen-bond donors (Lipinski definition) is 6. The van der Waals surface area contributed by atoms with Crippen LogP contribution in [0.3, 0.4) is 0 Å². The number of nitrogens with zero attached hydrogens (tertiary/aromatic N) is 4. The zero-order chi connectivity index (χ0) is 41.1. The number of aliphatic carboxylic acids is 2. The number of rotatable bonds is 10. The molecule has 15 nitrogen and oxygen atoms in total. The second kappa shape index (κ2) is 19.9. The Bertz CT molecular complexity index is 1590. The number of guanidine groups is 2. The summed E-state index contributed by atoms with van der Waals surface area (Å²) in [4.78, 5) is 69.6. The number of alkyl halides is 6. The van der Waals surface area contributed by atoms with Crippen LogP contribution < -0.4 is 22.9 Å². The van der Waals surface area contributed by atoms with E-state index in [0.717, 1.165) is 27.7 Å². The maximum atomic E-state index is 14.3. The van der Waals surface area contributed by atoms with Crippen LogP contribution in [0, 0.1) is 5.41 Å². The Morgan fingerprint density at radius 1 is 0.623 bits per heavy atom. The van der Waals surface area contributed by atoms with Crippen molar-refractivity contribution >= 4 is 105 Å². The van der Waals surface area contributed by atoms with Crippen molar-refractivity contribution in [3.05, 3.63) is 65.4 Å². The Morgan fingerprint density at radius 3 is 1.11 bits per heavy atom. The molecule has 0 spiro atoms. The molecule has 1 aliphatic rings. The van der Waals surface area contributed by atoms with Gasteiger partial charge in [0.15, 0.2) is 11.9 Å². The predicted molar refractivity (Wildman–Crippen MR) is 191 cm³/mol. The third-order valence-electron chi connectivity index (χ3n) is 6.35. The normalized spacial score (nSPS) is 14.0. The summed E-state index contributed by atoms with van der Waals surface area (Å²) in [6, 6.07) is 10.2. The van der Waals surface area contributed by atoms with Gasteiger partial charge in [0.1, 0.15) is 5.41 Å². The number of carbonyl (C=O) groups excluding carboxylic acids is 3. The van der Waals surface area contributed by atoms with Crippen molar-refractivity contribution in [1.29, 1.82) is 0 Å². The number of halogens is 10. The van der Waals surface area contributed by atoms with Crippen LogP contribution in [0.1, 0.15) is 11.1 Å². The van der Waals surface area contributed by atoms with Gasteiger partial charge in [-0.05, 0) is 60.4 Å². The van der Waals surface area contributed by atoms with Crippen molar-refractivity contribution in [2.24, 2.45) is 38.3 Å². The molecular formula is C28H28Br4F6N8O7. The van der Waals surface area contributed by atoms with Gasteiger partial charge in [0.25, 0.3) is 0 Å². The SMILES string of the molecule is NC(N)=NCCN1C(=O)N(CCN=C(N)N)C(=O)C(Cc2cc(Br)cc(Br)c2)(Cc2cc(Br)cc(Br)c2)C1=O.O=C(O)C(F)(F)F.O=C(O)C(F)(F)F. The van der Waals surface area contributed by atoms with E-state index < -0.39 is 47.6 Å². The highest BCUT2D eigenvalue weighted by Gasteiger charge is 2.57. The first-order chi connectivity index (χ1) is 24.2. The first-order valence-corrected chi connectivity index (χ1v) is 17.2. The van der Waals surface area contributed by atoms with Gasteiger partial charge in [-0.15, -0.1) is 0 Å². The highest BCUT2D eigenvalue weighted by molar-refractivity contribution is 9.11. The summed E-state index contributed by atoms with van der Waals surface area (Å²) in [5, 5.41) is 14.2. The number of carbonyl (C=O) groups is 5. The molecule has 0 bridgehead atoms. The van der Waals surface area contributed by atoms with E-state index in [1.165, 1.54) is 0 Å². The zero-order valence-electron chi connectivity index (χ0n) is 26.5. The van der Waals surface area contributed by atoms with Gasteiger partial charge in [-0.25, -0.2) is 14.4 Å². The molecule has 1 heterocycles. The lowest BCUT2D eigenvalue weighted by molar-refractivity contribution is -0.193. The van der Waals surface area contributed by atoms with Crippen molar-refractivity contribution in [3.8, 4) is 0 Å². The highest BCUT2D eigenvalue weighted by Crippen LogP contribution is 2.39. The second-order valence-corrected chi connectivity index (χ2v) is 14.1. The van der Waals surface area contributed by atoms with Crippen LogP contribution in [-0.4, -0.2) is 100 Å². The molecule has 4 amide bonds. The van der Waals surface area contributed by atoms with Gasteiger partial charge in [-0.2, -0.15) is 26.3 Å². The summed E-state index contributed by atoms with van der Waals surface area (Å²) in [6.07, 6.45) is -10.1. The Hall–Kier alpha value is -3.97. The summed E-state index contributed by atoms with van der Waals surface area (Å²) >= 11 is 13.9. The maximum Gasteiger partial charge on any atom is 0.490 e. The molecule has 292 valence electrons. The fourth-order valence-corrected chi connectivity index (χ4v) is 7.15. The number of barbiturate groups is 1. The largest absolute Gasteiger partial charge is 0.490 e. The van der Waals surface area contributed by atoms with Crippen molar-refractivity contribution in [2.45, 2.75) is 25.2 Å². The molecule has 1 fully saturated rings. The van der Waals surface area contributed by atoms with Crippen molar-refractivity contribution in [1.82, 2.24) is 9.80 Å². The average molecular weight is 1020 g/mol.